The van der Waals surface area contributed by atoms with Gasteiger partial charge in [-0.05, 0) is 30.7 Å². The van der Waals surface area contributed by atoms with E-state index >= 15 is 0 Å². The van der Waals surface area contributed by atoms with E-state index in [1.807, 2.05) is 18.2 Å². The Labute approximate surface area is 105 Å². The van der Waals surface area contributed by atoms with Crippen molar-refractivity contribution in [3.63, 3.8) is 0 Å². The van der Waals surface area contributed by atoms with Gasteiger partial charge in [0, 0.05) is 24.7 Å². The second-order valence-electron chi connectivity index (χ2n) is 4.64. The second-order valence-corrected chi connectivity index (χ2v) is 4.64. The number of carbonyl (C=O) groups excluding carboxylic acids is 1. The summed E-state index contributed by atoms with van der Waals surface area (Å²) in [4.78, 5) is 16.2. The van der Waals surface area contributed by atoms with Gasteiger partial charge in [-0.25, -0.2) is 0 Å². The minimum absolute atomic E-state index is 0.0232. The molecule has 1 fully saturated rings. The third kappa shape index (κ3) is 1.95. The molecular weight excluding hydrogens is 226 g/mol. The van der Waals surface area contributed by atoms with Crippen LogP contribution >= 0.6 is 0 Å². The maximum absolute atomic E-state index is 11.8. The summed E-state index contributed by atoms with van der Waals surface area (Å²) in [6.45, 7) is 3.54. The monoisotopic (exact) mass is 241 g/mol. The first-order valence-electron chi connectivity index (χ1n) is 6.11. The Kier molecular flexibility index (Phi) is 2.72. The minimum atomic E-state index is -0.281. The van der Waals surface area contributed by atoms with E-state index < -0.39 is 0 Å². The largest absolute Gasteiger partial charge is 0.353 e. The summed E-state index contributed by atoms with van der Waals surface area (Å²) in [5.41, 5.74) is 3.08. The zero-order chi connectivity index (χ0) is 12.5. The average molecular weight is 241 g/mol. The number of aryl methyl sites for hydroxylation is 1. The van der Waals surface area contributed by atoms with Gasteiger partial charge in [-0.2, -0.15) is 0 Å². The Bertz CT molecular complexity index is 609. The fourth-order valence-corrected chi connectivity index (χ4v) is 2.29. The molecule has 2 aromatic rings. The van der Waals surface area contributed by atoms with Gasteiger partial charge in [0.05, 0.1) is 5.52 Å². The van der Waals surface area contributed by atoms with Crippen molar-refractivity contribution in [3.8, 4) is 0 Å². The molecule has 1 saturated heterocycles. The molecule has 1 aromatic heterocycles. The number of rotatable bonds is 1. The number of piperazine rings is 1. The van der Waals surface area contributed by atoms with Crippen LogP contribution in [-0.2, 0) is 4.79 Å². The Morgan fingerprint density at radius 1 is 1.28 bits per heavy atom. The summed E-state index contributed by atoms with van der Waals surface area (Å²) < 4.78 is 0. The van der Waals surface area contributed by atoms with Crippen LogP contribution in [0.5, 0.6) is 0 Å². The van der Waals surface area contributed by atoms with Crippen LogP contribution in [0.1, 0.15) is 17.2 Å². The number of benzene rings is 1. The minimum Gasteiger partial charge on any atom is -0.353 e. The SMILES string of the molecule is Cc1ccc2ncc(C3NCCNC3=O)cc2c1. The van der Waals surface area contributed by atoms with Gasteiger partial charge in [0.15, 0.2) is 0 Å². The van der Waals surface area contributed by atoms with Crippen molar-refractivity contribution >= 4 is 16.8 Å². The van der Waals surface area contributed by atoms with Gasteiger partial charge in [0.2, 0.25) is 5.91 Å². The highest BCUT2D eigenvalue weighted by atomic mass is 16.2. The van der Waals surface area contributed by atoms with Crippen LogP contribution < -0.4 is 10.6 Å². The fraction of sp³-hybridized carbons (Fsp3) is 0.286. The van der Waals surface area contributed by atoms with E-state index in [0.717, 1.165) is 23.0 Å². The average Bonchev–Trinajstić information content (AvgIpc) is 2.38. The lowest BCUT2D eigenvalue weighted by Gasteiger charge is -2.23. The first kappa shape index (κ1) is 11.2. The molecule has 18 heavy (non-hydrogen) atoms. The van der Waals surface area contributed by atoms with Gasteiger partial charge >= 0.3 is 0 Å². The number of carbonyl (C=O) groups is 1. The molecule has 4 nitrogen and oxygen atoms in total. The lowest BCUT2D eigenvalue weighted by molar-refractivity contribution is -0.124. The summed E-state index contributed by atoms with van der Waals surface area (Å²) in [6.07, 6.45) is 1.78. The first-order valence-corrected chi connectivity index (χ1v) is 6.11. The van der Waals surface area contributed by atoms with E-state index in [0.29, 0.717) is 6.54 Å². The van der Waals surface area contributed by atoms with Gasteiger partial charge in [-0.1, -0.05) is 11.6 Å². The number of pyridine rings is 1. The number of fused-ring (bicyclic) bond motifs is 1. The Hall–Kier alpha value is -1.94. The molecule has 92 valence electrons. The molecule has 0 saturated carbocycles. The van der Waals surface area contributed by atoms with Gasteiger partial charge in [-0.3, -0.25) is 9.78 Å². The first-order chi connectivity index (χ1) is 8.74. The van der Waals surface area contributed by atoms with Gasteiger partial charge in [0.25, 0.3) is 0 Å². The lowest BCUT2D eigenvalue weighted by atomic mass is 10.0. The smallest absolute Gasteiger partial charge is 0.241 e. The number of aromatic nitrogens is 1. The Morgan fingerprint density at radius 2 is 2.17 bits per heavy atom. The summed E-state index contributed by atoms with van der Waals surface area (Å²) in [7, 11) is 0. The molecule has 3 rings (SSSR count). The molecule has 1 aromatic carbocycles. The molecule has 1 atom stereocenters. The molecule has 0 aliphatic carbocycles. The quantitative estimate of drug-likeness (QED) is 0.791. The van der Waals surface area contributed by atoms with Crippen LogP contribution in [0.3, 0.4) is 0 Å². The molecule has 2 N–H and O–H groups in total. The van der Waals surface area contributed by atoms with Crippen molar-refractivity contribution < 1.29 is 4.79 Å². The molecule has 1 amide bonds. The highest BCUT2D eigenvalue weighted by Crippen LogP contribution is 2.20. The number of hydrogen-bond donors (Lipinski definition) is 2. The fourth-order valence-electron chi connectivity index (χ4n) is 2.29. The van der Waals surface area contributed by atoms with Gasteiger partial charge in [0.1, 0.15) is 6.04 Å². The van der Waals surface area contributed by atoms with Crippen molar-refractivity contribution in [1.82, 2.24) is 15.6 Å². The molecule has 0 bridgehead atoms. The lowest BCUT2D eigenvalue weighted by Crippen LogP contribution is -2.47. The van der Waals surface area contributed by atoms with Crippen molar-refractivity contribution in [1.29, 1.82) is 0 Å². The highest BCUT2D eigenvalue weighted by molar-refractivity contribution is 5.86. The predicted molar refractivity (Wildman–Crippen MR) is 70.2 cm³/mol. The van der Waals surface area contributed by atoms with Crippen molar-refractivity contribution in [3.05, 3.63) is 41.6 Å². The van der Waals surface area contributed by atoms with Crippen LogP contribution in [0.4, 0.5) is 0 Å². The number of nitrogens with zero attached hydrogens (tertiary/aromatic N) is 1. The molecule has 0 radical (unpaired) electrons. The second kappa shape index (κ2) is 4.38. The third-order valence-electron chi connectivity index (χ3n) is 3.23. The van der Waals surface area contributed by atoms with Crippen LogP contribution in [-0.4, -0.2) is 24.0 Å². The molecule has 1 aliphatic rings. The maximum atomic E-state index is 11.8. The third-order valence-corrected chi connectivity index (χ3v) is 3.23. The van der Waals surface area contributed by atoms with Crippen molar-refractivity contribution in [2.45, 2.75) is 13.0 Å². The van der Waals surface area contributed by atoms with Gasteiger partial charge < -0.3 is 10.6 Å². The van der Waals surface area contributed by atoms with Crippen LogP contribution in [0, 0.1) is 6.92 Å². The van der Waals surface area contributed by atoms with Crippen molar-refractivity contribution in [2.24, 2.45) is 0 Å². The molecule has 4 heteroatoms. The molecule has 1 aliphatic heterocycles. The standard InChI is InChI=1S/C14H15N3O/c1-9-2-3-12-10(6-9)7-11(8-17-12)13-14(18)16-5-4-15-13/h2-3,6-8,13,15H,4-5H2,1H3,(H,16,18). The van der Waals surface area contributed by atoms with E-state index in [-0.39, 0.29) is 11.9 Å². The maximum Gasteiger partial charge on any atom is 0.241 e. The van der Waals surface area contributed by atoms with Crippen LogP contribution in [0.2, 0.25) is 0 Å². The summed E-state index contributed by atoms with van der Waals surface area (Å²) in [5, 5.41) is 7.15. The van der Waals surface area contributed by atoms with E-state index in [2.05, 4.69) is 28.6 Å². The van der Waals surface area contributed by atoms with E-state index in [1.54, 1.807) is 6.20 Å². The van der Waals surface area contributed by atoms with Gasteiger partial charge in [-0.15, -0.1) is 0 Å². The van der Waals surface area contributed by atoms with Crippen molar-refractivity contribution in [2.75, 3.05) is 13.1 Å². The van der Waals surface area contributed by atoms with E-state index in [9.17, 15) is 4.79 Å². The topological polar surface area (TPSA) is 54.0 Å². The normalized spacial score (nSPS) is 19.8. The zero-order valence-corrected chi connectivity index (χ0v) is 10.2. The Morgan fingerprint density at radius 3 is 3.00 bits per heavy atom. The number of hydrogen-bond acceptors (Lipinski definition) is 3. The number of nitrogens with one attached hydrogen (secondary N) is 2. The zero-order valence-electron chi connectivity index (χ0n) is 10.2. The highest BCUT2D eigenvalue weighted by Gasteiger charge is 2.23. The van der Waals surface area contributed by atoms with E-state index in [4.69, 9.17) is 0 Å². The van der Waals surface area contributed by atoms with Crippen LogP contribution in [0.25, 0.3) is 10.9 Å². The number of amides is 1. The molecule has 1 unspecified atom stereocenters. The molecule has 0 spiro atoms. The summed E-state index contributed by atoms with van der Waals surface area (Å²) in [6, 6.07) is 7.89. The molecule has 2 heterocycles. The summed E-state index contributed by atoms with van der Waals surface area (Å²) in [5.74, 6) is 0.0232. The van der Waals surface area contributed by atoms with E-state index in [1.165, 1.54) is 5.56 Å². The molecular formula is C14H15N3O. The predicted octanol–water partition coefficient (Wildman–Crippen LogP) is 1.30. The van der Waals surface area contributed by atoms with Crippen LogP contribution in [0.15, 0.2) is 30.5 Å². The summed E-state index contributed by atoms with van der Waals surface area (Å²) >= 11 is 0. The Balaban J connectivity index is 2.04.